The number of aldehydes is 1. The fourth-order valence-electron chi connectivity index (χ4n) is 12.1. The Hall–Kier alpha value is -8.26. The van der Waals surface area contributed by atoms with Gasteiger partial charge in [0.2, 0.25) is 41.4 Å². The normalized spacial score (nSPS) is 17.4. The molecule has 2 aromatic rings. The molecule has 0 radical (unpaired) electrons. The Kier molecular flexibility index (Phi) is 31.8. The predicted molar refractivity (Wildman–Crippen MR) is 352 cm³/mol. The van der Waals surface area contributed by atoms with Crippen molar-refractivity contribution in [3.05, 3.63) is 77.9 Å². The second-order valence-corrected chi connectivity index (χ2v) is 25.8. The molecule has 2 aromatic carbocycles. The third-order valence-corrected chi connectivity index (χ3v) is 17.7. The van der Waals surface area contributed by atoms with Crippen molar-refractivity contribution in [2.75, 3.05) is 46.2 Å². The molecule has 0 aromatic heterocycles. The fourth-order valence-corrected chi connectivity index (χ4v) is 12.1. The van der Waals surface area contributed by atoms with Crippen molar-refractivity contribution in [2.24, 2.45) is 41.2 Å². The number of benzene rings is 2. The first kappa shape index (κ1) is 78.2. The molecule has 2 aliphatic rings. The maximum atomic E-state index is 14.7. The molecular weight excluding hydrogens is 1210 g/mol. The van der Waals surface area contributed by atoms with E-state index in [1.54, 1.807) is 116 Å². The molecule has 2 heterocycles. The number of likely N-dealkylation sites (tertiary alicyclic amines) is 1. The average Bonchev–Trinajstić information content (AvgIpc) is 1.33. The number of aliphatic hydroxyl groups is 1. The zero-order valence-corrected chi connectivity index (χ0v) is 57.0. The molecule has 520 valence electrons. The molecule has 12 amide bonds. The summed E-state index contributed by atoms with van der Waals surface area (Å²) in [6.45, 7) is 18.2. The van der Waals surface area contributed by atoms with Gasteiger partial charge in [-0.05, 0) is 92.4 Å². The summed E-state index contributed by atoms with van der Waals surface area (Å²) in [5.74, 6) is -7.48. The van der Waals surface area contributed by atoms with E-state index in [0.717, 1.165) is 9.80 Å². The number of anilines is 1. The summed E-state index contributed by atoms with van der Waals surface area (Å²) in [5.41, 5.74) is 6.72. The number of rotatable bonds is 38. The second kappa shape index (κ2) is 38.2. The van der Waals surface area contributed by atoms with Crippen LogP contribution in [0.15, 0.2) is 66.7 Å². The molecule has 9 N–H and O–H groups in total. The van der Waals surface area contributed by atoms with Gasteiger partial charge < -0.3 is 66.8 Å². The maximum Gasteiger partial charge on any atom is 0.410 e. The van der Waals surface area contributed by atoms with Gasteiger partial charge in [0.1, 0.15) is 37.1 Å². The number of ether oxygens (including phenoxy) is 2. The van der Waals surface area contributed by atoms with Gasteiger partial charge in [-0.1, -0.05) is 118 Å². The minimum atomic E-state index is -1.12. The van der Waals surface area contributed by atoms with Crippen LogP contribution >= 0.6 is 0 Å². The lowest BCUT2D eigenvalue weighted by Gasteiger charge is -2.40. The van der Waals surface area contributed by atoms with Gasteiger partial charge in [0.05, 0.1) is 30.2 Å². The van der Waals surface area contributed by atoms with Crippen LogP contribution in [-0.4, -0.2) is 186 Å². The highest BCUT2D eigenvalue weighted by atomic mass is 16.6. The van der Waals surface area contributed by atoms with Gasteiger partial charge in [-0.15, -0.1) is 0 Å². The zero-order chi connectivity index (χ0) is 70.1. The number of carbonyl (C=O) groups excluding carboxylic acids is 12. The molecule has 12 atom stereocenters. The monoisotopic (exact) mass is 1310 g/mol. The van der Waals surface area contributed by atoms with E-state index >= 15 is 0 Å². The number of aliphatic hydroxyl groups excluding tert-OH is 1. The lowest BCUT2D eigenvalue weighted by atomic mass is 9.84. The number of imide groups is 1. The van der Waals surface area contributed by atoms with Crippen molar-refractivity contribution >= 4 is 77.3 Å². The van der Waals surface area contributed by atoms with Gasteiger partial charge >= 0.3 is 12.1 Å². The molecule has 1 unspecified atom stereocenters. The minimum Gasteiger partial charge on any atom is -0.445 e. The number of carbonyl (C=O) groups is 12. The van der Waals surface area contributed by atoms with E-state index < -0.39 is 120 Å². The van der Waals surface area contributed by atoms with Crippen molar-refractivity contribution in [2.45, 2.75) is 195 Å². The summed E-state index contributed by atoms with van der Waals surface area (Å²) in [6, 6.07) is 8.28. The first-order valence-corrected chi connectivity index (χ1v) is 32.8. The van der Waals surface area contributed by atoms with Gasteiger partial charge in [0, 0.05) is 83.5 Å². The van der Waals surface area contributed by atoms with E-state index in [4.69, 9.17) is 15.2 Å². The Morgan fingerprint density at radius 3 is 1.96 bits per heavy atom. The highest BCUT2D eigenvalue weighted by Crippen LogP contribution is 2.31. The van der Waals surface area contributed by atoms with E-state index in [1.807, 2.05) is 19.9 Å². The molecule has 0 bridgehead atoms. The molecule has 0 spiro atoms. The Balaban J connectivity index is 1.37. The Bertz CT molecular complexity index is 2910. The number of nitrogens with two attached hydrogens (primary N) is 1. The summed E-state index contributed by atoms with van der Waals surface area (Å²) >= 11 is 0. The molecule has 1 saturated heterocycles. The van der Waals surface area contributed by atoms with E-state index in [9.17, 15) is 62.6 Å². The first-order valence-electron chi connectivity index (χ1n) is 32.8. The number of hydrogen-bond donors (Lipinski definition) is 8. The molecule has 26 heteroatoms. The summed E-state index contributed by atoms with van der Waals surface area (Å²) in [4.78, 5) is 165. The number of likely N-dealkylation sites (N-methyl/N-ethyl adjacent to an activating group) is 2. The zero-order valence-electron chi connectivity index (χ0n) is 57.0. The van der Waals surface area contributed by atoms with E-state index in [0.29, 0.717) is 68.2 Å². The van der Waals surface area contributed by atoms with Crippen LogP contribution in [0.1, 0.15) is 151 Å². The van der Waals surface area contributed by atoms with Crippen LogP contribution < -0.4 is 37.6 Å². The van der Waals surface area contributed by atoms with Crippen LogP contribution in [0, 0.1) is 35.5 Å². The SMILES string of the molecule is CC[C@H](C)[C@@H]([C@H](C=O)CC(=O)N1CCC[C@H]1[C@H](OC)[C@@H](C)C(=O)N[C@H](C)[C@@H](O)c1ccccc1)N(C)C(=O)[C@@H](NC(=O)C(C(C)C)N(C)C(=O)OCc1ccc(NC(=O)[C@@H](CCCNC(N)=O)NC(=O)[C@H](NC(=O)CCCCCN2C(=O)C=CC2=O)C(C)C)cc1)C(C)C. The van der Waals surface area contributed by atoms with Gasteiger partial charge in [0.25, 0.3) is 11.8 Å². The van der Waals surface area contributed by atoms with Gasteiger partial charge in [-0.25, -0.2) is 9.59 Å². The summed E-state index contributed by atoms with van der Waals surface area (Å²) in [6.07, 6.45) is 3.97. The lowest BCUT2D eigenvalue weighted by Crippen LogP contribution is -2.59. The second-order valence-electron chi connectivity index (χ2n) is 25.8. The van der Waals surface area contributed by atoms with Crippen LogP contribution in [0.3, 0.4) is 0 Å². The number of nitrogens with one attached hydrogen (secondary N) is 6. The largest absolute Gasteiger partial charge is 0.445 e. The number of urea groups is 1. The summed E-state index contributed by atoms with van der Waals surface area (Å²) in [5, 5.41) is 27.5. The van der Waals surface area contributed by atoms with Crippen molar-refractivity contribution in [3.8, 4) is 0 Å². The topological polar surface area (TPSA) is 355 Å². The van der Waals surface area contributed by atoms with Crippen molar-refractivity contribution < 1.29 is 72.1 Å². The molecule has 4 rings (SSSR count). The Morgan fingerprint density at radius 2 is 1.38 bits per heavy atom. The highest BCUT2D eigenvalue weighted by molar-refractivity contribution is 6.12. The summed E-state index contributed by atoms with van der Waals surface area (Å²) in [7, 11) is 4.45. The van der Waals surface area contributed by atoms with Crippen molar-refractivity contribution in [1.29, 1.82) is 0 Å². The molecule has 0 aliphatic carbocycles. The molecular formula is C68H103N11O15. The van der Waals surface area contributed by atoms with Crippen LogP contribution in [0.25, 0.3) is 0 Å². The molecule has 0 saturated carbocycles. The molecule has 26 nitrogen and oxygen atoms in total. The number of nitrogens with zero attached hydrogens (tertiary/aromatic N) is 4. The third kappa shape index (κ3) is 22.8. The van der Waals surface area contributed by atoms with Gasteiger partial charge in [0.15, 0.2) is 0 Å². The average molecular weight is 1310 g/mol. The maximum absolute atomic E-state index is 14.7. The van der Waals surface area contributed by atoms with E-state index in [2.05, 4.69) is 31.9 Å². The highest BCUT2D eigenvalue weighted by Gasteiger charge is 2.44. The van der Waals surface area contributed by atoms with Crippen LogP contribution in [0.5, 0.6) is 0 Å². The third-order valence-electron chi connectivity index (χ3n) is 17.7. The number of hydrogen-bond acceptors (Lipinski definition) is 15. The van der Waals surface area contributed by atoms with Crippen LogP contribution in [-0.2, 0) is 64.0 Å². The van der Waals surface area contributed by atoms with E-state index in [1.165, 1.54) is 31.2 Å². The fraction of sp³-hybridized carbons (Fsp3) is 0.618. The first-order chi connectivity index (χ1) is 44.5. The Labute approximate surface area is 553 Å². The summed E-state index contributed by atoms with van der Waals surface area (Å²) < 4.78 is 11.6. The molecule has 2 aliphatic heterocycles. The number of unbranched alkanes of at least 4 members (excludes halogenated alkanes) is 2. The van der Waals surface area contributed by atoms with Crippen LogP contribution in [0.4, 0.5) is 15.3 Å². The molecule has 94 heavy (non-hydrogen) atoms. The van der Waals surface area contributed by atoms with Gasteiger partial charge in [-0.3, -0.25) is 53.0 Å². The van der Waals surface area contributed by atoms with Gasteiger partial charge in [-0.2, -0.15) is 0 Å². The lowest BCUT2D eigenvalue weighted by molar-refractivity contribution is -0.145. The van der Waals surface area contributed by atoms with Crippen LogP contribution in [0.2, 0.25) is 0 Å². The molecule has 1 fully saturated rings. The Morgan fingerprint density at radius 1 is 0.745 bits per heavy atom. The smallest absolute Gasteiger partial charge is 0.410 e. The van der Waals surface area contributed by atoms with Crippen molar-refractivity contribution in [3.63, 3.8) is 0 Å². The number of methoxy groups -OCH3 is 1. The van der Waals surface area contributed by atoms with Crippen molar-refractivity contribution in [1.82, 2.24) is 46.2 Å². The van der Waals surface area contributed by atoms with E-state index in [-0.39, 0.29) is 80.8 Å². The quantitative estimate of drug-likeness (QED) is 0.0252. The predicted octanol–water partition coefficient (Wildman–Crippen LogP) is 4.88. The number of primary amides is 1. The minimum absolute atomic E-state index is 0.0772. The standard InChI is InChI=1S/C68H103N11O15/c1-14-43(8)59(48(38-80)37-55(84)78-36-22-26-51(78)61(93-13)44(9)62(86)71-45(10)60(85)47-23-17-15-18-24-47)76(11)66(90)57(41(4)5)75-65(89)58(42(6)7)77(12)68(92)94-39-46-28-30-49(31-29-46)72-63(87)50(25-21-34-70-67(69)91)73-64(88)56(40(2)3)74-52(81)27-19-16-20-35-79-53(82)32-33-54(79)83/h15,17-18,23-24,28-33,38,40-45,48,50-51,56-61,85H,14,16,19-22,25-27,34-37,39H2,1-13H3,(H,71,86)(H,72,87)(H,73,88)(H,74,81)(H,75,89)(H3,69,70,91)/t43-,44+,45+,48-,50+,51-,56+,57-,58?,59-,60+,61+/m0/s1. The number of amides is 12.